The molecule has 23 heavy (non-hydrogen) atoms. The van der Waals surface area contributed by atoms with E-state index >= 15 is 0 Å². The maximum absolute atomic E-state index is 13.2. The summed E-state index contributed by atoms with van der Waals surface area (Å²) >= 11 is 0. The van der Waals surface area contributed by atoms with Gasteiger partial charge in [0.15, 0.2) is 0 Å². The largest absolute Gasteiger partial charge is 0.355 e. The molecule has 0 radical (unpaired) electrons. The van der Waals surface area contributed by atoms with Crippen molar-refractivity contribution in [2.45, 2.75) is 31.2 Å². The lowest BCUT2D eigenvalue weighted by Crippen LogP contribution is -2.68. The number of nitrogens with zero attached hydrogens (tertiary/aromatic N) is 5. The molecule has 3 fully saturated rings. The van der Waals surface area contributed by atoms with E-state index in [1.54, 1.807) is 12.4 Å². The Morgan fingerprint density at radius 3 is 2.61 bits per heavy atom. The molecule has 6 heteroatoms. The third kappa shape index (κ3) is 2.69. The molecular weight excluding hydrogens is 290 g/mol. The van der Waals surface area contributed by atoms with E-state index in [4.69, 9.17) is 0 Å². The lowest BCUT2D eigenvalue weighted by atomic mass is 9.82. The van der Waals surface area contributed by atoms with E-state index in [9.17, 15) is 4.79 Å². The first-order valence-corrected chi connectivity index (χ1v) is 8.71. The first kappa shape index (κ1) is 14.9. The third-order valence-corrected chi connectivity index (χ3v) is 5.76. The average molecular weight is 315 g/mol. The molecule has 124 valence electrons. The SMILES string of the molecule is CN1CCN(CC2CC2)C(=O)C12CCN(c1cnccn1)CC2. The second-order valence-corrected chi connectivity index (χ2v) is 7.20. The zero-order chi connectivity index (χ0) is 15.9. The van der Waals surface area contributed by atoms with Gasteiger partial charge in [0.25, 0.3) is 0 Å². The smallest absolute Gasteiger partial charge is 0.243 e. The van der Waals surface area contributed by atoms with E-state index in [-0.39, 0.29) is 5.54 Å². The molecule has 0 bridgehead atoms. The third-order valence-electron chi connectivity index (χ3n) is 5.76. The number of anilines is 1. The minimum atomic E-state index is -0.300. The second kappa shape index (κ2) is 5.74. The molecule has 0 N–H and O–H groups in total. The predicted molar refractivity (Wildman–Crippen MR) is 88.1 cm³/mol. The summed E-state index contributed by atoms with van der Waals surface area (Å²) in [5.41, 5.74) is -0.300. The summed E-state index contributed by atoms with van der Waals surface area (Å²) in [5, 5.41) is 0. The van der Waals surface area contributed by atoms with Gasteiger partial charge in [0.2, 0.25) is 5.91 Å². The number of piperidine rings is 1. The monoisotopic (exact) mass is 315 g/mol. The quantitative estimate of drug-likeness (QED) is 0.833. The maximum atomic E-state index is 13.2. The van der Waals surface area contributed by atoms with E-state index in [0.717, 1.165) is 57.3 Å². The van der Waals surface area contributed by atoms with Crippen LogP contribution in [0.1, 0.15) is 25.7 Å². The second-order valence-electron chi connectivity index (χ2n) is 7.20. The summed E-state index contributed by atoms with van der Waals surface area (Å²) in [7, 11) is 2.12. The van der Waals surface area contributed by atoms with Gasteiger partial charge >= 0.3 is 0 Å². The van der Waals surface area contributed by atoms with E-state index in [2.05, 4.69) is 31.7 Å². The van der Waals surface area contributed by atoms with Crippen molar-refractivity contribution in [3.8, 4) is 0 Å². The summed E-state index contributed by atoms with van der Waals surface area (Å²) in [6, 6.07) is 0. The Morgan fingerprint density at radius 2 is 1.96 bits per heavy atom. The number of aromatic nitrogens is 2. The normalized spacial score (nSPS) is 25.2. The van der Waals surface area contributed by atoms with Gasteiger partial charge in [0, 0.05) is 45.1 Å². The fourth-order valence-corrected chi connectivity index (χ4v) is 3.99. The molecule has 3 heterocycles. The van der Waals surface area contributed by atoms with Gasteiger partial charge in [0.1, 0.15) is 11.4 Å². The molecule has 0 aromatic carbocycles. The molecule has 1 aliphatic carbocycles. The van der Waals surface area contributed by atoms with E-state index in [1.807, 2.05) is 6.20 Å². The standard InChI is InChI=1S/C17H25N5O/c1-20-10-11-22(13-14-2-3-14)16(23)17(20)4-8-21(9-5-17)15-12-18-6-7-19-15/h6-7,12,14H,2-5,8-11,13H2,1H3. The van der Waals surface area contributed by atoms with Crippen molar-refractivity contribution in [2.24, 2.45) is 5.92 Å². The Bertz CT molecular complexity index is 566. The predicted octanol–water partition coefficient (Wildman–Crippen LogP) is 1.000. The van der Waals surface area contributed by atoms with Crippen LogP contribution in [0.3, 0.4) is 0 Å². The fourth-order valence-electron chi connectivity index (χ4n) is 3.99. The van der Waals surface area contributed by atoms with Crippen molar-refractivity contribution in [1.29, 1.82) is 0 Å². The zero-order valence-electron chi connectivity index (χ0n) is 13.8. The van der Waals surface area contributed by atoms with Gasteiger partial charge in [-0.2, -0.15) is 0 Å². The number of likely N-dealkylation sites (N-methyl/N-ethyl adjacent to an activating group) is 1. The summed E-state index contributed by atoms with van der Waals surface area (Å²) in [6.45, 7) is 4.59. The Labute approximate surface area is 137 Å². The first-order chi connectivity index (χ1) is 11.2. The van der Waals surface area contributed by atoms with Gasteiger partial charge in [-0.25, -0.2) is 4.98 Å². The molecular formula is C17H25N5O. The Hall–Kier alpha value is -1.69. The van der Waals surface area contributed by atoms with Gasteiger partial charge in [-0.1, -0.05) is 0 Å². The van der Waals surface area contributed by atoms with Crippen molar-refractivity contribution in [2.75, 3.05) is 44.7 Å². The molecule has 0 atom stereocenters. The Balaban J connectivity index is 1.47. The molecule has 2 saturated heterocycles. The number of amides is 1. The molecule has 1 spiro atoms. The van der Waals surface area contributed by atoms with Crippen LogP contribution in [0.5, 0.6) is 0 Å². The molecule has 6 nitrogen and oxygen atoms in total. The summed E-state index contributed by atoms with van der Waals surface area (Å²) in [4.78, 5) is 28.4. The maximum Gasteiger partial charge on any atom is 0.243 e. The Kier molecular flexibility index (Phi) is 3.71. The van der Waals surface area contributed by atoms with Gasteiger partial charge in [-0.3, -0.25) is 14.7 Å². The number of hydrogen-bond acceptors (Lipinski definition) is 5. The van der Waals surface area contributed by atoms with Crippen LogP contribution < -0.4 is 4.90 Å². The van der Waals surface area contributed by atoms with E-state index in [1.165, 1.54) is 12.8 Å². The molecule has 0 unspecified atom stereocenters. The molecule has 1 amide bonds. The van der Waals surface area contributed by atoms with Crippen molar-refractivity contribution < 1.29 is 4.79 Å². The summed E-state index contributed by atoms with van der Waals surface area (Å²) in [6.07, 6.45) is 9.59. The lowest BCUT2D eigenvalue weighted by molar-refractivity contribution is -0.152. The fraction of sp³-hybridized carbons (Fsp3) is 0.706. The highest BCUT2D eigenvalue weighted by Crippen LogP contribution is 2.36. The average Bonchev–Trinajstić information content (AvgIpc) is 3.41. The van der Waals surface area contributed by atoms with Crippen LogP contribution in [0.15, 0.2) is 18.6 Å². The van der Waals surface area contributed by atoms with E-state index < -0.39 is 0 Å². The van der Waals surface area contributed by atoms with Crippen LogP contribution in [-0.2, 0) is 4.79 Å². The molecule has 1 aromatic rings. The first-order valence-electron chi connectivity index (χ1n) is 8.71. The molecule has 1 saturated carbocycles. The van der Waals surface area contributed by atoms with Crippen LogP contribution in [0.4, 0.5) is 5.82 Å². The number of hydrogen-bond donors (Lipinski definition) is 0. The number of carbonyl (C=O) groups excluding carboxylic acids is 1. The van der Waals surface area contributed by atoms with Gasteiger partial charge in [-0.15, -0.1) is 0 Å². The van der Waals surface area contributed by atoms with Crippen LogP contribution in [0.2, 0.25) is 0 Å². The highest BCUT2D eigenvalue weighted by molar-refractivity contribution is 5.87. The summed E-state index contributed by atoms with van der Waals surface area (Å²) in [5.74, 6) is 2.04. The van der Waals surface area contributed by atoms with Crippen molar-refractivity contribution in [3.05, 3.63) is 18.6 Å². The van der Waals surface area contributed by atoms with Crippen LogP contribution in [0.25, 0.3) is 0 Å². The van der Waals surface area contributed by atoms with Crippen molar-refractivity contribution >= 4 is 11.7 Å². The van der Waals surface area contributed by atoms with Crippen LogP contribution in [0, 0.1) is 5.92 Å². The van der Waals surface area contributed by atoms with Crippen LogP contribution >= 0.6 is 0 Å². The van der Waals surface area contributed by atoms with Crippen molar-refractivity contribution in [3.63, 3.8) is 0 Å². The van der Waals surface area contributed by atoms with Gasteiger partial charge in [-0.05, 0) is 38.6 Å². The lowest BCUT2D eigenvalue weighted by Gasteiger charge is -2.51. The van der Waals surface area contributed by atoms with Gasteiger partial charge in [0.05, 0.1) is 6.20 Å². The minimum Gasteiger partial charge on any atom is -0.355 e. The highest BCUT2D eigenvalue weighted by atomic mass is 16.2. The molecule has 4 rings (SSSR count). The molecule has 3 aliphatic rings. The Morgan fingerprint density at radius 1 is 1.17 bits per heavy atom. The highest BCUT2D eigenvalue weighted by Gasteiger charge is 2.49. The van der Waals surface area contributed by atoms with Gasteiger partial charge < -0.3 is 9.80 Å². The number of piperazine rings is 1. The zero-order valence-corrected chi connectivity index (χ0v) is 13.8. The van der Waals surface area contributed by atoms with Crippen LogP contribution in [-0.4, -0.2) is 71.0 Å². The topological polar surface area (TPSA) is 52.6 Å². The molecule has 2 aliphatic heterocycles. The minimum absolute atomic E-state index is 0.300. The van der Waals surface area contributed by atoms with Crippen molar-refractivity contribution in [1.82, 2.24) is 19.8 Å². The number of carbonyl (C=O) groups is 1. The summed E-state index contributed by atoms with van der Waals surface area (Å²) < 4.78 is 0. The molecule has 1 aromatic heterocycles. The number of rotatable bonds is 3. The van der Waals surface area contributed by atoms with E-state index in [0.29, 0.717) is 5.91 Å².